The number of hydrogen-bond donors (Lipinski definition) is 2. The zero-order valence-electron chi connectivity index (χ0n) is 14.0. The molecule has 2 N–H and O–H groups in total. The van der Waals surface area contributed by atoms with Crippen LogP contribution in [0.5, 0.6) is 0 Å². The minimum Gasteiger partial charge on any atom is -0.382 e. The van der Waals surface area contributed by atoms with E-state index in [2.05, 4.69) is 46.1 Å². The maximum Gasteiger partial charge on any atom is 0.154 e. The number of nitrogens with one attached hydrogen (secondary N) is 1. The number of para-hydroxylation sites is 1. The van der Waals surface area contributed by atoms with Crippen molar-refractivity contribution in [2.45, 2.75) is 33.0 Å². The number of allylic oxidation sites excluding steroid dienone is 1. The zero-order valence-corrected chi connectivity index (χ0v) is 14.0. The molecule has 0 aliphatic carbocycles. The molecule has 5 nitrogen and oxygen atoms in total. The molecule has 0 fully saturated rings. The van der Waals surface area contributed by atoms with Gasteiger partial charge in [-0.1, -0.05) is 25.1 Å². The number of aliphatic hydroxyl groups is 1. The SMILES string of the molecule is CC/C=C/N=C(c1cc2cccc3c2n1CCN3)N(C)C(C)O. The van der Waals surface area contributed by atoms with Gasteiger partial charge in [-0.05, 0) is 25.5 Å². The Bertz CT molecular complexity index is 758. The van der Waals surface area contributed by atoms with E-state index >= 15 is 0 Å². The fourth-order valence-corrected chi connectivity index (χ4v) is 2.93. The molecule has 0 amide bonds. The number of rotatable bonds is 4. The summed E-state index contributed by atoms with van der Waals surface area (Å²) in [6.45, 7) is 5.62. The van der Waals surface area contributed by atoms with Gasteiger partial charge >= 0.3 is 0 Å². The number of anilines is 1. The minimum absolute atomic E-state index is 0.601. The Hall–Kier alpha value is -2.27. The Morgan fingerprint density at radius 3 is 3.09 bits per heavy atom. The van der Waals surface area contributed by atoms with Crippen LogP contribution in [-0.2, 0) is 6.54 Å². The highest BCUT2D eigenvalue weighted by Crippen LogP contribution is 2.30. The summed E-state index contributed by atoms with van der Waals surface area (Å²) in [5.74, 6) is 0.786. The quantitative estimate of drug-likeness (QED) is 0.518. The summed E-state index contributed by atoms with van der Waals surface area (Å²) in [5, 5.41) is 14.7. The normalized spacial score (nSPS) is 15.9. The Labute approximate surface area is 136 Å². The predicted octanol–water partition coefficient (Wildman–Crippen LogP) is 3.01. The van der Waals surface area contributed by atoms with Crippen molar-refractivity contribution in [3.8, 4) is 0 Å². The molecule has 1 aromatic carbocycles. The molecule has 5 heteroatoms. The first-order chi connectivity index (χ1) is 11.1. The van der Waals surface area contributed by atoms with Crippen molar-refractivity contribution in [3.05, 3.63) is 42.2 Å². The molecule has 1 atom stereocenters. The summed E-state index contributed by atoms with van der Waals surface area (Å²) in [6.07, 6.45) is 4.17. The molecule has 0 bridgehead atoms. The van der Waals surface area contributed by atoms with Crippen LogP contribution >= 0.6 is 0 Å². The van der Waals surface area contributed by atoms with Crippen molar-refractivity contribution < 1.29 is 5.11 Å². The minimum atomic E-state index is -0.601. The van der Waals surface area contributed by atoms with E-state index in [1.165, 1.54) is 10.9 Å². The Balaban J connectivity index is 2.17. The molecule has 1 aromatic heterocycles. The van der Waals surface area contributed by atoms with Gasteiger partial charge in [0.2, 0.25) is 0 Å². The van der Waals surface area contributed by atoms with Crippen LogP contribution in [0, 0.1) is 0 Å². The first kappa shape index (κ1) is 15.6. The number of nitrogens with zero attached hydrogens (tertiary/aromatic N) is 3. The third kappa shape index (κ3) is 2.84. The predicted molar refractivity (Wildman–Crippen MR) is 95.8 cm³/mol. The maximum atomic E-state index is 10.0. The number of aromatic nitrogens is 1. The molecule has 122 valence electrons. The van der Waals surface area contributed by atoms with Gasteiger partial charge in [0.1, 0.15) is 6.23 Å². The number of benzene rings is 1. The van der Waals surface area contributed by atoms with E-state index in [-0.39, 0.29) is 0 Å². The lowest BCUT2D eigenvalue weighted by Crippen LogP contribution is -2.37. The van der Waals surface area contributed by atoms with Gasteiger partial charge < -0.3 is 19.9 Å². The van der Waals surface area contributed by atoms with Crippen molar-refractivity contribution in [1.82, 2.24) is 9.47 Å². The number of amidine groups is 1. The second-order valence-electron chi connectivity index (χ2n) is 5.84. The summed E-state index contributed by atoms with van der Waals surface area (Å²) < 4.78 is 2.29. The van der Waals surface area contributed by atoms with Gasteiger partial charge in [0.05, 0.1) is 16.9 Å². The van der Waals surface area contributed by atoms with E-state index in [4.69, 9.17) is 0 Å². The number of aliphatic hydroxyl groups excluding tert-OH is 1. The lowest BCUT2D eigenvalue weighted by atomic mass is 10.2. The van der Waals surface area contributed by atoms with Crippen molar-refractivity contribution in [1.29, 1.82) is 0 Å². The average molecular weight is 312 g/mol. The third-order valence-electron chi connectivity index (χ3n) is 4.23. The molecule has 1 unspecified atom stereocenters. The first-order valence-corrected chi connectivity index (χ1v) is 8.13. The zero-order chi connectivity index (χ0) is 16.4. The van der Waals surface area contributed by atoms with E-state index in [0.29, 0.717) is 0 Å². The summed E-state index contributed by atoms with van der Waals surface area (Å²) in [5.41, 5.74) is 3.40. The van der Waals surface area contributed by atoms with Crippen LogP contribution in [0.15, 0.2) is 41.5 Å². The molecule has 0 spiro atoms. The molecule has 1 aliphatic rings. The van der Waals surface area contributed by atoms with E-state index in [0.717, 1.165) is 36.7 Å². The second kappa shape index (κ2) is 6.46. The molecule has 2 heterocycles. The number of hydrogen-bond acceptors (Lipinski definition) is 3. The Morgan fingerprint density at radius 1 is 1.52 bits per heavy atom. The van der Waals surface area contributed by atoms with E-state index in [1.807, 2.05) is 19.3 Å². The smallest absolute Gasteiger partial charge is 0.154 e. The maximum absolute atomic E-state index is 10.0. The van der Waals surface area contributed by atoms with Gasteiger partial charge in [-0.2, -0.15) is 0 Å². The molecule has 2 aromatic rings. The summed E-state index contributed by atoms with van der Waals surface area (Å²) >= 11 is 0. The largest absolute Gasteiger partial charge is 0.382 e. The Morgan fingerprint density at radius 2 is 2.35 bits per heavy atom. The van der Waals surface area contributed by atoms with Crippen molar-refractivity contribution >= 4 is 22.4 Å². The molecule has 3 rings (SSSR count). The van der Waals surface area contributed by atoms with Gasteiger partial charge in [0, 0.05) is 31.7 Å². The fraction of sp³-hybridized carbons (Fsp3) is 0.389. The molecular formula is C18H24N4O. The van der Waals surface area contributed by atoms with Gasteiger partial charge in [0.15, 0.2) is 5.84 Å². The summed E-state index contributed by atoms with van der Waals surface area (Å²) in [7, 11) is 1.87. The van der Waals surface area contributed by atoms with Crippen LogP contribution in [0.4, 0.5) is 5.69 Å². The number of aliphatic imine (C=N–C) groups is 1. The lowest BCUT2D eigenvalue weighted by molar-refractivity contribution is 0.0878. The monoisotopic (exact) mass is 312 g/mol. The fourth-order valence-electron chi connectivity index (χ4n) is 2.93. The van der Waals surface area contributed by atoms with Crippen LogP contribution < -0.4 is 5.32 Å². The highest BCUT2D eigenvalue weighted by Gasteiger charge is 2.22. The Kier molecular flexibility index (Phi) is 4.39. The molecule has 23 heavy (non-hydrogen) atoms. The van der Waals surface area contributed by atoms with Gasteiger partial charge in [-0.25, -0.2) is 4.99 Å². The van der Waals surface area contributed by atoms with E-state index < -0.39 is 6.23 Å². The molecule has 0 saturated heterocycles. The molecule has 1 aliphatic heterocycles. The van der Waals surface area contributed by atoms with Gasteiger partial charge in [0.25, 0.3) is 0 Å². The standard InChI is InChI=1S/C18H24N4O/c1-4-5-9-20-18(21(3)13(2)23)16-12-14-7-6-8-15-17(14)22(16)11-10-19-15/h5-9,12-13,19,23H,4,10-11H2,1-3H3/b9-5+,20-18?. The van der Waals surface area contributed by atoms with Crippen molar-refractivity contribution in [2.75, 3.05) is 18.9 Å². The van der Waals surface area contributed by atoms with Crippen LogP contribution in [0.2, 0.25) is 0 Å². The molecular weight excluding hydrogens is 288 g/mol. The van der Waals surface area contributed by atoms with E-state index in [9.17, 15) is 5.11 Å². The van der Waals surface area contributed by atoms with Crippen molar-refractivity contribution in [3.63, 3.8) is 0 Å². The first-order valence-electron chi connectivity index (χ1n) is 8.13. The molecule has 0 radical (unpaired) electrons. The van der Waals surface area contributed by atoms with Crippen LogP contribution in [-0.4, -0.2) is 40.2 Å². The third-order valence-corrected chi connectivity index (χ3v) is 4.23. The summed E-state index contributed by atoms with van der Waals surface area (Å²) in [4.78, 5) is 6.43. The van der Waals surface area contributed by atoms with E-state index in [1.54, 1.807) is 11.8 Å². The average Bonchev–Trinajstić information content (AvgIpc) is 2.92. The lowest BCUT2D eigenvalue weighted by Gasteiger charge is -2.26. The van der Waals surface area contributed by atoms with Crippen molar-refractivity contribution in [2.24, 2.45) is 4.99 Å². The van der Waals surface area contributed by atoms with Gasteiger partial charge in [-0.3, -0.25) is 0 Å². The van der Waals surface area contributed by atoms with Crippen LogP contribution in [0.1, 0.15) is 26.0 Å². The highest BCUT2D eigenvalue weighted by molar-refractivity contribution is 6.05. The summed E-state index contributed by atoms with van der Waals surface area (Å²) in [6, 6.07) is 8.45. The topological polar surface area (TPSA) is 52.8 Å². The van der Waals surface area contributed by atoms with Crippen LogP contribution in [0.3, 0.4) is 0 Å². The highest BCUT2D eigenvalue weighted by atomic mass is 16.3. The molecule has 0 saturated carbocycles. The van der Waals surface area contributed by atoms with Crippen LogP contribution in [0.25, 0.3) is 10.9 Å². The van der Waals surface area contributed by atoms with Gasteiger partial charge in [-0.15, -0.1) is 0 Å². The second-order valence-corrected chi connectivity index (χ2v) is 5.84.